The van der Waals surface area contributed by atoms with Crippen molar-refractivity contribution >= 4 is 11.9 Å². The number of ether oxygens (including phenoxy) is 1. The summed E-state index contributed by atoms with van der Waals surface area (Å²) in [4.78, 5) is 24.0. The Kier molecular flexibility index (Phi) is 10.8. The Morgan fingerprint density at radius 1 is 1.02 bits per heavy atom. The van der Waals surface area contributed by atoms with Crippen molar-refractivity contribution in [2.45, 2.75) is 137 Å². The summed E-state index contributed by atoms with van der Waals surface area (Å²) in [5.41, 5.74) is 2.35. The predicted octanol–water partition coefficient (Wildman–Crippen LogP) is 7.61. The Morgan fingerprint density at radius 3 is 2.60 bits per heavy atom. The number of rotatable bonds is 12. The lowest BCUT2D eigenvalue weighted by atomic mass is 9.47. The molecular weight excluding hydrogens is 498 g/mol. The molecule has 4 aliphatic rings. The molecule has 0 heterocycles. The van der Waals surface area contributed by atoms with Gasteiger partial charge in [0.2, 0.25) is 0 Å². The summed E-state index contributed by atoms with van der Waals surface area (Å²) in [5.74, 6) is 2.93. The van der Waals surface area contributed by atoms with Crippen LogP contribution >= 0.6 is 0 Å². The van der Waals surface area contributed by atoms with Crippen LogP contribution in [-0.4, -0.2) is 36.2 Å². The number of fused-ring (bicyclic) bond motifs is 5. The number of allylic oxidation sites excluding steroid dienone is 1. The van der Waals surface area contributed by atoms with Crippen molar-refractivity contribution in [1.82, 2.24) is 5.32 Å². The molecule has 9 atom stereocenters. The number of amides is 1. The zero-order chi connectivity index (χ0) is 28.9. The van der Waals surface area contributed by atoms with Crippen molar-refractivity contribution in [2.24, 2.45) is 46.3 Å². The van der Waals surface area contributed by atoms with Crippen LogP contribution in [0.4, 0.5) is 0 Å². The maximum atomic E-state index is 12.1. The van der Waals surface area contributed by atoms with Crippen LogP contribution in [0, 0.1) is 46.3 Å². The molecule has 2 N–H and O–H groups in total. The highest BCUT2D eigenvalue weighted by molar-refractivity contribution is 6.32. The van der Waals surface area contributed by atoms with E-state index in [2.05, 4.69) is 46.0 Å². The Balaban J connectivity index is 1.20. The molecule has 0 bridgehead atoms. The first-order valence-corrected chi connectivity index (χ1v) is 16.9. The molecule has 0 aliphatic heterocycles. The van der Waals surface area contributed by atoms with Crippen LogP contribution in [0.25, 0.3) is 0 Å². The summed E-state index contributed by atoms with van der Waals surface area (Å²) in [5, 5.41) is 13.0. The Bertz CT molecular complexity index is 900. The van der Waals surface area contributed by atoms with Crippen molar-refractivity contribution in [3.63, 3.8) is 0 Å². The van der Waals surface area contributed by atoms with Gasteiger partial charge in [0, 0.05) is 6.54 Å². The van der Waals surface area contributed by atoms with Crippen LogP contribution in [-0.2, 0) is 14.3 Å². The number of aliphatic hydroxyl groups is 1. The van der Waals surface area contributed by atoms with Gasteiger partial charge in [-0.15, -0.1) is 0 Å². The second-order valence-electron chi connectivity index (χ2n) is 14.8. The van der Waals surface area contributed by atoms with Gasteiger partial charge in [-0.3, -0.25) is 4.79 Å². The molecule has 0 aromatic heterocycles. The first-order chi connectivity index (χ1) is 19.1. The minimum absolute atomic E-state index is 0.124. The minimum atomic E-state index is -0.737. The molecule has 0 aromatic carbocycles. The number of hydrogen-bond acceptors (Lipinski definition) is 4. The molecule has 40 heavy (non-hydrogen) atoms. The normalized spacial score (nSPS) is 36.5. The van der Waals surface area contributed by atoms with E-state index in [1.165, 1.54) is 44.9 Å². The summed E-state index contributed by atoms with van der Waals surface area (Å²) < 4.78 is 5.32. The number of unbranched alkanes of at least 4 members (excludes halogenated alkanes) is 3. The lowest BCUT2D eigenvalue weighted by Crippen LogP contribution is -2.50. The van der Waals surface area contributed by atoms with E-state index in [1.54, 1.807) is 5.57 Å². The Morgan fingerprint density at radius 2 is 1.82 bits per heavy atom. The van der Waals surface area contributed by atoms with E-state index in [0.29, 0.717) is 24.0 Å². The summed E-state index contributed by atoms with van der Waals surface area (Å²) in [6.07, 6.45) is 19.9. The topological polar surface area (TPSA) is 75.6 Å². The van der Waals surface area contributed by atoms with Crippen molar-refractivity contribution in [3.8, 4) is 0 Å². The van der Waals surface area contributed by atoms with E-state index in [1.807, 2.05) is 0 Å². The van der Waals surface area contributed by atoms with Gasteiger partial charge in [0.15, 0.2) is 0 Å². The highest BCUT2D eigenvalue weighted by atomic mass is 16.5. The monoisotopic (exact) mass is 557 g/mol. The van der Waals surface area contributed by atoms with Gasteiger partial charge in [-0.25, -0.2) is 4.79 Å². The number of esters is 1. The predicted molar refractivity (Wildman–Crippen MR) is 161 cm³/mol. The standard InChI is InChI=1S/C35H59NO4/c1-6-7-8-9-21-36-32(38)33(39)40-23-24(2)11-10-12-25(3)29-15-16-30-28-14-13-26-22-27(37)17-19-34(26,4)31(28)18-20-35(29,30)5/h13,24-25,27-31,37H,6-12,14-23H2,1-5H3,(H,36,38)/t24?,25-,27+,28+,29-,30+,31+,34+,35-/m1/s1. The molecule has 1 amide bonds. The first-order valence-electron chi connectivity index (χ1n) is 16.9. The fraction of sp³-hybridized carbons (Fsp3) is 0.886. The summed E-state index contributed by atoms with van der Waals surface area (Å²) in [7, 11) is 0. The van der Waals surface area contributed by atoms with E-state index in [-0.39, 0.29) is 12.0 Å². The highest BCUT2D eigenvalue weighted by Gasteiger charge is 2.59. The fourth-order valence-electron chi connectivity index (χ4n) is 9.80. The molecular formula is C35H59NO4. The number of nitrogens with one attached hydrogen (secondary N) is 1. The van der Waals surface area contributed by atoms with Gasteiger partial charge < -0.3 is 15.2 Å². The smallest absolute Gasteiger partial charge is 0.396 e. The number of aliphatic hydroxyl groups excluding tert-OH is 1. The first kappa shape index (κ1) is 31.6. The molecule has 1 unspecified atom stereocenters. The van der Waals surface area contributed by atoms with E-state index in [0.717, 1.165) is 81.0 Å². The van der Waals surface area contributed by atoms with Gasteiger partial charge in [-0.05, 0) is 111 Å². The third-order valence-electron chi connectivity index (χ3n) is 12.2. The zero-order valence-corrected chi connectivity index (χ0v) is 26.3. The second kappa shape index (κ2) is 13.7. The SMILES string of the molecule is CCCCCCNC(=O)C(=O)OCC(C)CCC[C@@H](C)[C@H]1CC[C@H]2[C@@H]3CC=C4C[C@@H](O)CC[C@]4(C)[C@H]3CC[C@]12C. The van der Waals surface area contributed by atoms with Gasteiger partial charge >= 0.3 is 11.9 Å². The number of carbonyl (C=O) groups excluding carboxylic acids is 2. The molecule has 0 aromatic rings. The lowest BCUT2D eigenvalue weighted by molar-refractivity contribution is -0.155. The Labute approximate surface area is 244 Å². The lowest BCUT2D eigenvalue weighted by Gasteiger charge is -2.58. The second-order valence-corrected chi connectivity index (χ2v) is 14.8. The fourth-order valence-corrected chi connectivity index (χ4v) is 9.80. The average Bonchev–Trinajstić information content (AvgIpc) is 3.29. The van der Waals surface area contributed by atoms with Crippen molar-refractivity contribution in [2.75, 3.05) is 13.2 Å². The quantitative estimate of drug-likeness (QED) is 0.112. The van der Waals surface area contributed by atoms with Gasteiger partial charge in [-0.2, -0.15) is 0 Å². The summed E-state index contributed by atoms with van der Waals surface area (Å²) >= 11 is 0. The van der Waals surface area contributed by atoms with Gasteiger partial charge in [-0.1, -0.05) is 78.4 Å². The molecule has 4 aliphatic carbocycles. The van der Waals surface area contributed by atoms with Crippen LogP contribution < -0.4 is 5.32 Å². The van der Waals surface area contributed by atoms with E-state index < -0.39 is 11.9 Å². The molecule has 0 radical (unpaired) electrons. The largest absolute Gasteiger partial charge is 0.458 e. The maximum Gasteiger partial charge on any atom is 0.396 e. The third kappa shape index (κ3) is 6.81. The maximum absolute atomic E-state index is 12.1. The summed E-state index contributed by atoms with van der Waals surface area (Å²) in [6.45, 7) is 12.8. The minimum Gasteiger partial charge on any atom is -0.458 e. The summed E-state index contributed by atoms with van der Waals surface area (Å²) in [6, 6.07) is 0. The molecule has 228 valence electrons. The van der Waals surface area contributed by atoms with Crippen molar-refractivity contribution in [3.05, 3.63) is 11.6 Å². The van der Waals surface area contributed by atoms with Gasteiger partial charge in [0.25, 0.3) is 0 Å². The van der Waals surface area contributed by atoms with Crippen LogP contribution in [0.2, 0.25) is 0 Å². The highest BCUT2D eigenvalue weighted by Crippen LogP contribution is 2.67. The van der Waals surface area contributed by atoms with Gasteiger partial charge in [0.1, 0.15) is 0 Å². The molecule has 5 heteroatoms. The molecule has 0 spiro atoms. The van der Waals surface area contributed by atoms with Crippen LogP contribution in [0.1, 0.15) is 131 Å². The molecule has 0 saturated heterocycles. The zero-order valence-electron chi connectivity index (χ0n) is 26.3. The number of hydrogen-bond donors (Lipinski definition) is 2. The van der Waals surface area contributed by atoms with Crippen LogP contribution in [0.3, 0.4) is 0 Å². The van der Waals surface area contributed by atoms with Crippen LogP contribution in [0.5, 0.6) is 0 Å². The van der Waals surface area contributed by atoms with E-state index in [9.17, 15) is 14.7 Å². The van der Waals surface area contributed by atoms with E-state index in [4.69, 9.17) is 4.74 Å². The van der Waals surface area contributed by atoms with Gasteiger partial charge in [0.05, 0.1) is 12.7 Å². The number of carbonyl (C=O) groups is 2. The molecule has 5 nitrogen and oxygen atoms in total. The Hall–Kier alpha value is -1.36. The third-order valence-corrected chi connectivity index (χ3v) is 12.2. The average molecular weight is 558 g/mol. The molecule has 3 saturated carbocycles. The van der Waals surface area contributed by atoms with Crippen LogP contribution in [0.15, 0.2) is 11.6 Å². The van der Waals surface area contributed by atoms with Crippen molar-refractivity contribution in [1.29, 1.82) is 0 Å². The van der Waals surface area contributed by atoms with Crippen molar-refractivity contribution < 1.29 is 19.4 Å². The van der Waals surface area contributed by atoms with E-state index >= 15 is 0 Å². The molecule has 3 fully saturated rings. The molecule has 4 rings (SSSR count).